The summed E-state index contributed by atoms with van der Waals surface area (Å²) in [7, 11) is -1.89. The Kier molecular flexibility index (Phi) is 10.6. The third kappa shape index (κ3) is 7.98. The van der Waals surface area contributed by atoms with E-state index in [9.17, 15) is 19.3 Å². The number of anilines is 2. The molecule has 0 spiro atoms. The van der Waals surface area contributed by atoms with E-state index >= 15 is 0 Å². The summed E-state index contributed by atoms with van der Waals surface area (Å²) in [6, 6.07) is 8.70. The summed E-state index contributed by atoms with van der Waals surface area (Å²) in [5.74, 6) is -0.929. The molecular formula is C31H33N10O10P2S2+. The zero-order valence-corrected chi connectivity index (χ0v) is 32.4. The van der Waals surface area contributed by atoms with Crippen LogP contribution in [0.4, 0.5) is 11.8 Å². The highest BCUT2D eigenvalue weighted by atomic mass is 32.5. The van der Waals surface area contributed by atoms with Gasteiger partial charge in [-0.2, -0.15) is 4.98 Å². The molecule has 7 heterocycles. The summed E-state index contributed by atoms with van der Waals surface area (Å²) in [6.45, 7) is -0.814. The van der Waals surface area contributed by atoms with Crippen LogP contribution >= 0.6 is 13.9 Å². The van der Waals surface area contributed by atoms with Gasteiger partial charge in [-0.1, -0.05) is 32.0 Å². The molecule has 0 radical (unpaired) electrons. The first-order valence-corrected chi connectivity index (χ1v) is 21.8. The summed E-state index contributed by atoms with van der Waals surface area (Å²) in [6.07, 6.45) is 0.0263. The summed E-state index contributed by atoms with van der Waals surface area (Å²) >= 11 is 11.1. The molecule has 3 aliphatic heterocycles. The first-order chi connectivity index (χ1) is 26.4. The van der Waals surface area contributed by atoms with E-state index in [0.717, 1.165) is 0 Å². The number of ether oxygens (including phenoxy) is 2. The minimum atomic E-state index is -3.98. The van der Waals surface area contributed by atoms with Gasteiger partial charge in [0, 0.05) is 24.3 Å². The predicted molar refractivity (Wildman–Crippen MR) is 201 cm³/mol. The number of nitrogens with zero attached hydrogens (tertiary/aromatic N) is 7. The smallest absolute Gasteiger partial charge is 0.349 e. The summed E-state index contributed by atoms with van der Waals surface area (Å²) in [5, 5.41) is 5.37. The molecule has 2 bridgehead atoms. The molecule has 3 aliphatic rings. The molecule has 288 valence electrons. The molecular weight excluding hydrogens is 798 g/mol. The second-order valence-corrected chi connectivity index (χ2v) is 17.7. The maximum Gasteiger partial charge on any atom is 0.522 e. The van der Waals surface area contributed by atoms with Crippen molar-refractivity contribution in [1.29, 1.82) is 0 Å². The molecule has 0 aliphatic carbocycles. The summed E-state index contributed by atoms with van der Waals surface area (Å²) in [4.78, 5) is 73.6. The highest BCUT2D eigenvalue weighted by molar-refractivity contribution is 8.07. The number of benzene rings is 1. The van der Waals surface area contributed by atoms with Gasteiger partial charge < -0.3 is 28.7 Å². The molecule has 4 aromatic heterocycles. The van der Waals surface area contributed by atoms with E-state index in [1.807, 2.05) is 6.07 Å². The van der Waals surface area contributed by atoms with Gasteiger partial charge >= 0.3 is 13.9 Å². The van der Waals surface area contributed by atoms with Crippen LogP contribution in [0.15, 0.2) is 54.1 Å². The van der Waals surface area contributed by atoms with Gasteiger partial charge in [0.05, 0.1) is 25.4 Å². The van der Waals surface area contributed by atoms with Crippen molar-refractivity contribution in [2.75, 3.05) is 23.8 Å². The number of carbonyl (C=O) groups excluding carboxylic acids is 2. The van der Waals surface area contributed by atoms with E-state index in [0.29, 0.717) is 16.7 Å². The van der Waals surface area contributed by atoms with E-state index < -0.39 is 56.3 Å². The van der Waals surface area contributed by atoms with Crippen molar-refractivity contribution in [2.24, 2.45) is 5.92 Å². The molecule has 5 aromatic rings. The Bertz CT molecular complexity index is 2400. The number of hydrogen-bond acceptors (Lipinski definition) is 16. The van der Waals surface area contributed by atoms with Gasteiger partial charge in [-0.15, -0.1) is 9.05 Å². The van der Waals surface area contributed by atoms with Crippen LogP contribution in [0.25, 0.3) is 22.3 Å². The third-order valence-electron chi connectivity index (χ3n) is 8.99. The number of H-pyrrole nitrogens is 1. The van der Waals surface area contributed by atoms with Crippen LogP contribution in [0, 0.1) is 5.92 Å². The molecule has 8 atom stereocenters. The lowest BCUT2D eigenvalue weighted by Crippen LogP contribution is -2.28. The van der Waals surface area contributed by atoms with Crippen molar-refractivity contribution >= 4 is 83.4 Å². The zero-order chi connectivity index (χ0) is 38.4. The second kappa shape index (κ2) is 15.5. The van der Waals surface area contributed by atoms with Crippen LogP contribution in [-0.2, 0) is 56.0 Å². The van der Waals surface area contributed by atoms with E-state index in [1.54, 1.807) is 42.7 Å². The fraction of sp³-hybridized carbons (Fsp3) is 0.419. The van der Waals surface area contributed by atoms with Crippen LogP contribution in [-0.4, -0.2) is 93.4 Å². The molecule has 8 unspecified atom stereocenters. The van der Waals surface area contributed by atoms with E-state index in [1.165, 1.54) is 23.5 Å². The SMILES string of the molecule is CC(C)C(=O)Nc1nc2c(ncn2C2OC3CO[P+](=S)OC4CC(n5cnc6c(NC(=O)c7ccccc7)ncnc65)OC4COP(O)(=S)OC2C3)c(=O)[nH]1. The van der Waals surface area contributed by atoms with Crippen molar-refractivity contribution in [2.45, 2.75) is 63.6 Å². The molecule has 0 saturated carbocycles. The Labute approximate surface area is 322 Å². The Morgan fingerprint density at radius 1 is 0.982 bits per heavy atom. The molecule has 55 heavy (non-hydrogen) atoms. The summed E-state index contributed by atoms with van der Waals surface area (Å²) < 4.78 is 39.9. The number of carbonyl (C=O) groups is 2. The largest absolute Gasteiger partial charge is 0.522 e. The highest BCUT2D eigenvalue weighted by Crippen LogP contribution is 2.51. The number of hydrogen-bond donors (Lipinski definition) is 4. The topological polar surface area (TPSA) is 241 Å². The highest BCUT2D eigenvalue weighted by Gasteiger charge is 2.47. The standard InChI is InChI=1S/C31H32N10O10P2S2/c1-15(2)27(42)38-31-37-26-23(29(44)39-31)35-14-41(26)30-19-8-17(48-30)10-46-52(54)50-18-9-21(49-20(18)11-47-53(45,55)51-19)40-13-34-22-24(32-12-33-25(22)40)36-28(43)16-6-4-3-5-7-16/h3-7,12-15,17-21,30H,8-11H2,1-2H3,(H3-,32,33,36,37,38,39,42,43,44,45,55)/p+1. The van der Waals surface area contributed by atoms with Crippen molar-refractivity contribution in [3.05, 3.63) is 65.2 Å². The summed E-state index contributed by atoms with van der Waals surface area (Å²) in [5.41, 5.74) is 0.693. The fourth-order valence-electron chi connectivity index (χ4n) is 6.31. The van der Waals surface area contributed by atoms with Gasteiger partial charge in [0.15, 0.2) is 34.4 Å². The molecule has 3 saturated heterocycles. The van der Waals surface area contributed by atoms with Crippen molar-refractivity contribution in [3.63, 3.8) is 0 Å². The molecule has 20 nitrogen and oxygen atoms in total. The predicted octanol–water partition coefficient (Wildman–Crippen LogP) is 3.19. The lowest BCUT2D eigenvalue weighted by molar-refractivity contribution is -0.118. The van der Waals surface area contributed by atoms with E-state index in [-0.39, 0.29) is 66.7 Å². The number of aromatic amines is 1. The minimum Gasteiger partial charge on any atom is -0.349 e. The van der Waals surface area contributed by atoms with Gasteiger partial charge in [0.2, 0.25) is 23.7 Å². The van der Waals surface area contributed by atoms with Crippen molar-refractivity contribution < 1.29 is 42.1 Å². The van der Waals surface area contributed by atoms with Crippen LogP contribution in [0.3, 0.4) is 0 Å². The molecule has 3 fully saturated rings. The second-order valence-electron chi connectivity index (χ2n) is 13.1. The Morgan fingerprint density at radius 2 is 1.76 bits per heavy atom. The number of aromatic nitrogens is 8. The lowest BCUT2D eigenvalue weighted by atomic mass is 10.2. The number of fused-ring (bicyclic) bond motifs is 5. The molecule has 4 N–H and O–H groups in total. The Balaban J connectivity index is 1.01. The number of nitrogens with one attached hydrogen (secondary N) is 3. The average molecular weight is 832 g/mol. The maximum absolute atomic E-state index is 12.9. The van der Waals surface area contributed by atoms with Crippen molar-refractivity contribution in [3.8, 4) is 0 Å². The number of amides is 2. The first-order valence-electron chi connectivity index (χ1n) is 17.0. The number of rotatable bonds is 6. The zero-order valence-electron chi connectivity index (χ0n) is 29.0. The van der Waals surface area contributed by atoms with Gasteiger partial charge in [0.25, 0.3) is 11.5 Å². The molecule has 24 heteroatoms. The fourth-order valence-corrected chi connectivity index (χ4v) is 9.05. The van der Waals surface area contributed by atoms with Crippen LogP contribution < -0.4 is 16.2 Å². The molecule has 2 amide bonds. The van der Waals surface area contributed by atoms with Gasteiger partial charge in [-0.3, -0.25) is 33.8 Å². The number of imidazole rings is 2. The van der Waals surface area contributed by atoms with E-state index in [4.69, 9.17) is 51.2 Å². The Hall–Kier alpha value is -4.05. The normalized spacial score (nSPS) is 28.0. The van der Waals surface area contributed by atoms with Gasteiger partial charge in [0.1, 0.15) is 37.5 Å². The monoisotopic (exact) mass is 831 g/mol. The molecule has 1 aromatic carbocycles. The van der Waals surface area contributed by atoms with Crippen LogP contribution in [0.1, 0.15) is 49.5 Å². The lowest BCUT2D eigenvalue weighted by Gasteiger charge is -2.26. The van der Waals surface area contributed by atoms with Crippen molar-refractivity contribution in [1.82, 2.24) is 39.0 Å². The molecule has 8 rings (SSSR count). The van der Waals surface area contributed by atoms with Gasteiger partial charge in [-0.25, -0.2) is 19.9 Å². The maximum atomic E-state index is 12.9. The van der Waals surface area contributed by atoms with Crippen LogP contribution in [0.2, 0.25) is 0 Å². The van der Waals surface area contributed by atoms with Gasteiger partial charge in [-0.05, 0) is 23.9 Å². The van der Waals surface area contributed by atoms with Crippen LogP contribution in [0.5, 0.6) is 0 Å². The quantitative estimate of drug-likeness (QED) is 0.180. The minimum absolute atomic E-state index is 0.000706. The van der Waals surface area contributed by atoms with E-state index in [2.05, 4.69) is 40.5 Å². The first kappa shape index (κ1) is 37.9. The third-order valence-corrected chi connectivity index (χ3v) is 12.0. The Morgan fingerprint density at radius 3 is 2.56 bits per heavy atom. The average Bonchev–Trinajstić information content (AvgIpc) is 3.95.